The van der Waals surface area contributed by atoms with E-state index in [1.54, 1.807) is 6.20 Å². The summed E-state index contributed by atoms with van der Waals surface area (Å²) in [5, 5.41) is 3.07. The number of piperazine rings is 1. The SMILES string of the molecule is CC(C)[C@@H](NC(=O)C1CCCCC1)C(=O)N1CCN(c2ccccn2)CC1. The van der Waals surface area contributed by atoms with Crippen molar-refractivity contribution in [3.05, 3.63) is 24.4 Å². The molecule has 1 aliphatic carbocycles. The van der Waals surface area contributed by atoms with Crippen LogP contribution in [0.4, 0.5) is 5.82 Å². The van der Waals surface area contributed by atoms with Gasteiger partial charge >= 0.3 is 0 Å². The lowest BCUT2D eigenvalue weighted by molar-refractivity contribution is -0.139. The largest absolute Gasteiger partial charge is 0.353 e. The Morgan fingerprint density at radius 2 is 1.78 bits per heavy atom. The lowest BCUT2D eigenvalue weighted by Crippen LogP contribution is -2.57. The van der Waals surface area contributed by atoms with Crippen LogP contribution in [0.25, 0.3) is 0 Å². The van der Waals surface area contributed by atoms with Gasteiger partial charge in [0, 0.05) is 38.3 Å². The van der Waals surface area contributed by atoms with Crippen molar-refractivity contribution in [3.63, 3.8) is 0 Å². The zero-order chi connectivity index (χ0) is 19.2. The molecule has 1 saturated carbocycles. The van der Waals surface area contributed by atoms with Crippen LogP contribution in [0.5, 0.6) is 0 Å². The molecule has 1 N–H and O–H groups in total. The summed E-state index contributed by atoms with van der Waals surface area (Å²) < 4.78 is 0. The number of carbonyl (C=O) groups excluding carboxylic acids is 2. The molecule has 6 heteroatoms. The van der Waals surface area contributed by atoms with Crippen molar-refractivity contribution in [2.45, 2.75) is 52.0 Å². The summed E-state index contributed by atoms with van der Waals surface area (Å²) in [7, 11) is 0. The van der Waals surface area contributed by atoms with Gasteiger partial charge in [-0.25, -0.2) is 4.98 Å². The Bertz CT molecular complexity index is 620. The summed E-state index contributed by atoms with van der Waals surface area (Å²) in [5.41, 5.74) is 0. The molecule has 6 nitrogen and oxygen atoms in total. The van der Waals surface area contributed by atoms with Crippen LogP contribution >= 0.6 is 0 Å². The number of anilines is 1. The van der Waals surface area contributed by atoms with E-state index in [-0.39, 0.29) is 23.7 Å². The van der Waals surface area contributed by atoms with Crippen LogP contribution in [0.15, 0.2) is 24.4 Å². The van der Waals surface area contributed by atoms with Gasteiger partial charge in [-0.2, -0.15) is 0 Å². The van der Waals surface area contributed by atoms with Gasteiger partial charge in [-0.1, -0.05) is 39.2 Å². The zero-order valence-corrected chi connectivity index (χ0v) is 16.6. The Balaban J connectivity index is 1.56. The van der Waals surface area contributed by atoms with Gasteiger partial charge in [-0.05, 0) is 30.9 Å². The fraction of sp³-hybridized carbons (Fsp3) is 0.667. The van der Waals surface area contributed by atoms with Crippen LogP contribution in [0.3, 0.4) is 0 Å². The quantitative estimate of drug-likeness (QED) is 0.862. The number of hydrogen-bond donors (Lipinski definition) is 1. The Kier molecular flexibility index (Phi) is 6.69. The summed E-state index contributed by atoms with van der Waals surface area (Å²) in [6.45, 7) is 6.88. The second-order valence-electron chi connectivity index (χ2n) is 8.07. The Morgan fingerprint density at radius 3 is 2.37 bits per heavy atom. The Hall–Kier alpha value is -2.11. The van der Waals surface area contributed by atoms with E-state index in [0.717, 1.165) is 44.6 Å². The number of rotatable bonds is 5. The minimum atomic E-state index is -0.430. The number of carbonyl (C=O) groups is 2. The van der Waals surface area contributed by atoms with Crippen LogP contribution in [0.2, 0.25) is 0 Å². The van der Waals surface area contributed by atoms with Gasteiger partial charge in [0.05, 0.1) is 0 Å². The summed E-state index contributed by atoms with van der Waals surface area (Å²) in [5.74, 6) is 1.23. The fourth-order valence-corrected chi connectivity index (χ4v) is 4.04. The van der Waals surface area contributed by atoms with E-state index in [0.29, 0.717) is 13.1 Å². The van der Waals surface area contributed by atoms with E-state index in [1.807, 2.05) is 36.9 Å². The average Bonchev–Trinajstić information content (AvgIpc) is 2.72. The van der Waals surface area contributed by atoms with E-state index in [1.165, 1.54) is 6.42 Å². The Morgan fingerprint density at radius 1 is 1.07 bits per heavy atom. The second kappa shape index (κ2) is 9.20. The summed E-state index contributed by atoms with van der Waals surface area (Å²) in [6.07, 6.45) is 7.15. The van der Waals surface area contributed by atoms with Gasteiger partial charge in [0.2, 0.25) is 11.8 Å². The van der Waals surface area contributed by atoms with Crippen molar-refractivity contribution >= 4 is 17.6 Å². The third-order valence-corrected chi connectivity index (χ3v) is 5.77. The summed E-state index contributed by atoms with van der Waals surface area (Å²) in [4.78, 5) is 34.2. The first-order valence-corrected chi connectivity index (χ1v) is 10.3. The average molecular weight is 373 g/mol. The molecule has 2 heterocycles. The van der Waals surface area contributed by atoms with E-state index in [4.69, 9.17) is 0 Å². The molecule has 1 aliphatic heterocycles. The number of hydrogen-bond acceptors (Lipinski definition) is 4. The standard InChI is InChI=1S/C21H32N4O2/c1-16(2)19(23-20(26)17-8-4-3-5-9-17)21(27)25-14-12-24(13-15-25)18-10-6-7-11-22-18/h6-7,10-11,16-17,19H,3-5,8-9,12-15H2,1-2H3,(H,23,26)/t19-/m1/s1. The van der Waals surface area contributed by atoms with Crippen molar-refractivity contribution in [1.82, 2.24) is 15.2 Å². The minimum absolute atomic E-state index is 0.0508. The minimum Gasteiger partial charge on any atom is -0.353 e. The van der Waals surface area contributed by atoms with Crippen molar-refractivity contribution in [3.8, 4) is 0 Å². The van der Waals surface area contributed by atoms with Crippen molar-refractivity contribution < 1.29 is 9.59 Å². The van der Waals surface area contributed by atoms with E-state index >= 15 is 0 Å². The highest BCUT2D eigenvalue weighted by Gasteiger charge is 2.32. The topological polar surface area (TPSA) is 65.5 Å². The first-order chi connectivity index (χ1) is 13.1. The lowest BCUT2D eigenvalue weighted by atomic mass is 9.88. The molecule has 27 heavy (non-hydrogen) atoms. The predicted octanol–water partition coefficient (Wildman–Crippen LogP) is 2.45. The Labute approximate surface area is 162 Å². The molecule has 1 saturated heterocycles. The molecule has 148 valence electrons. The summed E-state index contributed by atoms with van der Waals surface area (Å²) in [6, 6.07) is 5.46. The lowest BCUT2D eigenvalue weighted by Gasteiger charge is -2.38. The maximum Gasteiger partial charge on any atom is 0.245 e. The maximum absolute atomic E-state index is 13.1. The van der Waals surface area contributed by atoms with Gasteiger partial charge in [0.1, 0.15) is 11.9 Å². The van der Waals surface area contributed by atoms with E-state index in [2.05, 4.69) is 15.2 Å². The van der Waals surface area contributed by atoms with Gasteiger partial charge < -0.3 is 15.1 Å². The molecule has 2 fully saturated rings. The zero-order valence-electron chi connectivity index (χ0n) is 16.6. The smallest absolute Gasteiger partial charge is 0.245 e. The third-order valence-electron chi connectivity index (χ3n) is 5.77. The summed E-state index contributed by atoms with van der Waals surface area (Å²) >= 11 is 0. The van der Waals surface area contributed by atoms with Crippen LogP contribution in [-0.4, -0.2) is 53.9 Å². The number of aromatic nitrogens is 1. The van der Waals surface area contributed by atoms with Gasteiger partial charge in [0.15, 0.2) is 0 Å². The van der Waals surface area contributed by atoms with E-state index in [9.17, 15) is 9.59 Å². The number of nitrogens with zero attached hydrogens (tertiary/aromatic N) is 3. The van der Waals surface area contributed by atoms with Crippen LogP contribution < -0.4 is 10.2 Å². The first kappa shape index (κ1) is 19.6. The van der Waals surface area contributed by atoms with Crippen LogP contribution in [0.1, 0.15) is 46.0 Å². The number of nitrogens with one attached hydrogen (secondary N) is 1. The van der Waals surface area contributed by atoms with E-state index < -0.39 is 6.04 Å². The van der Waals surface area contributed by atoms with Crippen LogP contribution in [-0.2, 0) is 9.59 Å². The van der Waals surface area contributed by atoms with Crippen molar-refractivity contribution in [2.75, 3.05) is 31.1 Å². The van der Waals surface area contributed by atoms with Gasteiger partial charge in [0.25, 0.3) is 0 Å². The molecule has 0 unspecified atom stereocenters. The molecule has 3 rings (SSSR count). The second-order valence-corrected chi connectivity index (χ2v) is 8.07. The maximum atomic E-state index is 13.1. The number of pyridine rings is 1. The highest BCUT2D eigenvalue weighted by Crippen LogP contribution is 2.24. The van der Waals surface area contributed by atoms with Gasteiger partial charge in [-0.15, -0.1) is 0 Å². The van der Waals surface area contributed by atoms with Crippen molar-refractivity contribution in [1.29, 1.82) is 0 Å². The van der Waals surface area contributed by atoms with Gasteiger partial charge in [-0.3, -0.25) is 9.59 Å². The third kappa shape index (κ3) is 4.99. The van der Waals surface area contributed by atoms with Crippen LogP contribution in [0, 0.1) is 11.8 Å². The molecule has 0 bridgehead atoms. The highest BCUT2D eigenvalue weighted by atomic mass is 16.2. The molecular formula is C21H32N4O2. The molecule has 1 aromatic heterocycles. The highest BCUT2D eigenvalue weighted by molar-refractivity contribution is 5.89. The molecular weight excluding hydrogens is 340 g/mol. The monoisotopic (exact) mass is 372 g/mol. The molecule has 0 radical (unpaired) electrons. The predicted molar refractivity (Wildman–Crippen MR) is 106 cm³/mol. The van der Waals surface area contributed by atoms with Crippen molar-refractivity contribution in [2.24, 2.45) is 11.8 Å². The normalized spacial score (nSPS) is 19.8. The molecule has 0 spiro atoms. The molecule has 1 atom stereocenters. The molecule has 2 aliphatic rings. The molecule has 0 aromatic carbocycles. The molecule has 2 amide bonds. The molecule has 1 aromatic rings. The fourth-order valence-electron chi connectivity index (χ4n) is 4.04. The first-order valence-electron chi connectivity index (χ1n) is 10.3. The number of amides is 2.